The van der Waals surface area contributed by atoms with Crippen molar-refractivity contribution in [3.8, 4) is 0 Å². The highest BCUT2D eigenvalue weighted by Gasteiger charge is 2.26. The van der Waals surface area contributed by atoms with Crippen LogP contribution >= 0.6 is 0 Å². The number of nitrogens with zero attached hydrogens (tertiary/aromatic N) is 2. The van der Waals surface area contributed by atoms with Crippen molar-refractivity contribution in [3.05, 3.63) is 18.2 Å². The van der Waals surface area contributed by atoms with Gasteiger partial charge < -0.3 is 4.57 Å². The van der Waals surface area contributed by atoms with Crippen LogP contribution in [-0.4, -0.2) is 9.55 Å². The summed E-state index contributed by atoms with van der Waals surface area (Å²) in [6.45, 7) is 5.74. The van der Waals surface area contributed by atoms with E-state index in [1.165, 1.54) is 44.2 Å². The second kappa shape index (κ2) is 4.38. The highest BCUT2D eigenvalue weighted by Crippen LogP contribution is 2.36. The van der Waals surface area contributed by atoms with Gasteiger partial charge in [-0.15, -0.1) is 0 Å². The fourth-order valence-corrected chi connectivity index (χ4v) is 2.70. The number of aryl methyl sites for hydroxylation is 1. The zero-order valence-electron chi connectivity index (χ0n) is 10.00. The molecule has 0 spiro atoms. The molecular formula is C13H22N2. The maximum atomic E-state index is 4.20. The minimum atomic E-state index is 0.502. The fourth-order valence-electron chi connectivity index (χ4n) is 2.70. The molecule has 2 heteroatoms. The molecule has 15 heavy (non-hydrogen) atoms. The molecule has 0 amide bonds. The van der Waals surface area contributed by atoms with Gasteiger partial charge in [-0.3, -0.25) is 0 Å². The van der Waals surface area contributed by atoms with Crippen molar-refractivity contribution in [2.75, 3.05) is 0 Å². The van der Waals surface area contributed by atoms with Gasteiger partial charge in [0.1, 0.15) is 0 Å². The first-order valence-electron chi connectivity index (χ1n) is 6.16. The van der Waals surface area contributed by atoms with Crippen LogP contribution < -0.4 is 0 Å². The van der Waals surface area contributed by atoms with E-state index in [2.05, 4.69) is 23.4 Å². The lowest BCUT2D eigenvalue weighted by atomic mass is 9.82. The normalized spacial score (nSPS) is 21.2. The maximum absolute atomic E-state index is 4.20. The Labute approximate surface area is 92.7 Å². The van der Waals surface area contributed by atoms with Crippen molar-refractivity contribution in [2.45, 2.75) is 58.9 Å². The Morgan fingerprint density at radius 1 is 1.27 bits per heavy atom. The summed E-state index contributed by atoms with van der Waals surface area (Å²) in [5.74, 6) is 0. The Hall–Kier alpha value is -0.790. The largest absolute Gasteiger partial charge is 0.334 e. The van der Waals surface area contributed by atoms with E-state index in [1.807, 2.05) is 12.5 Å². The average Bonchev–Trinajstić information content (AvgIpc) is 2.48. The number of rotatable bonds is 2. The van der Waals surface area contributed by atoms with Crippen molar-refractivity contribution >= 4 is 0 Å². The first-order chi connectivity index (χ1) is 7.20. The van der Waals surface area contributed by atoms with Crippen LogP contribution in [-0.2, 0) is 6.54 Å². The summed E-state index contributed by atoms with van der Waals surface area (Å²) in [6, 6.07) is 0. The molecule has 0 N–H and O–H groups in total. The first kappa shape index (κ1) is 10.7. The first-order valence-corrected chi connectivity index (χ1v) is 6.16. The van der Waals surface area contributed by atoms with Crippen LogP contribution in [0.15, 0.2) is 12.5 Å². The second-order valence-corrected chi connectivity index (χ2v) is 5.39. The van der Waals surface area contributed by atoms with E-state index in [-0.39, 0.29) is 0 Å². The molecule has 1 aromatic heterocycles. The molecule has 1 aliphatic rings. The van der Waals surface area contributed by atoms with E-state index in [1.54, 1.807) is 0 Å². The van der Waals surface area contributed by atoms with Gasteiger partial charge >= 0.3 is 0 Å². The molecule has 0 unspecified atom stereocenters. The number of hydrogen-bond donors (Lipinski definition) is 0. The quantitative estimate of drug-likeness (QED) is 0.677. The lowest BCUT2D eigenvalue weighted by Crippen LogP contribution is -2.22. The van der Waals surface area contributed by atoms with Crippen molar-refractivity contribution in [1.29, 1.82) is 0 Å². The van der Waals surface area contributed by atoms with Crippen LogP contribution in [0.2, 0.25) is 0 Å². The van der Waals surface area contributed by atoms with Crippen molar-refractivity contribution in [1.82, 2.24) is 9.55 Å². The predicted molar refractivity (Wildman–Crippen MR) is 62.8 cm³/mol. The number of aromatic nitrogens is 2. The van der Waals surface area contributed by atoms with Crippen LogP contribution in [0.4, 0.5) is 0 Å². The van der Waals surface area contributed by atoms with Gasteiger partial charge in [-0.2, -0.15) is 0 Å². The Morgan fingerprint density at radius 3 is 2.47 bits per heavy atom. The van der Waals surface area contributed by atoms with E-state index in [9.17, 15) is 0 Å². The van der Waals surface area contributed by atoms with Crippen LogP contribution in [0.3, 0.4) is 0 Å². The van der Waals surface area contributed by atoms with E-state index in [0.717, 1.165) is 6.54 Å². The minimum Gasteiger partial charge on any atom is -0.334 e. The third-order valence-electron chi connectivity index (χ3n) is 3.78. The van der Waals surface area contributed by atoms with E-state index in [0.29, 0.717) is 5.41 Å². The highest BCUT2D eigenvalue weighted by molar-refractivity contribution is 4.95. The van der Waals surface area contributed by atoms with Crippen LogP contribution in [0.25, 0.3) is 0 Å². The Bertz CT molecular complexity index is 306. The van der Waals surface area contributed by atoms with E-state index < -0.39 is 0 Å². The Morgan fingerprint density at radius 2 is 1.93 bits per heavy atom. The molecular weight excluding hydrogens is 184 g/mol. The lowest BCUT2D eigenvalue weighted by molar-refractivity contribution is 0.231. The smallest absolute Gasteiger partial charge is 0.0948 e. The molecule has 2 nitrogen and oxygen atoms in total. The summed E-state index contributed by atoms with van der Waals surface area (Å²) in [4.78, 5) is 4.20. The Balaban J connectivity index is 2.05. The van der Waals surface area contributed by atoms with Crippen LogP contribution in [0.5, 0.6) is 0 Å². The molecule has 1 saturated carbocycles. The molecule has 84 valence electrons. The highest BCUT2D eigenvalue weighted by atomic mass is 15.0. The van der Waals surface area contributed by atoms with Gasteiger partial charge in [0, 0.05) is 18.4 Å². The van der Waals surface area contributed by atoms with E-state index in [4.69, 9.17) is 0 Å². The second-order valence-electron chi connectivity index (χ2n) is 5.39. The summed E-state index contributed by atoms with van der Waals surface area (Å²) in [6.07, 6.45) is 12.4. The molecule has 0 radical (unpaired) electrons. The fraction of sp³-hybridized carbons (Fsp3) is 0.769. The maximum Gasteiger partial charge on any atom is 0.0948 e. The monoisotopic (exact) mass is 206 g/mol. The average molecular weight is 206 g/mol. The molecule has 0 atom stereocenters. The van der Waals surface area contributed by atoms with Crippen molar-refractivity contribution in [2.24, 2.45) is 5.41 Å². The summed E-state index contributed by atoms with van der Waals surface area (Å²) >= 11 is 0. The van der Waals surface area contributed by atoms with Crippen LogP contribution in [0, 0.1) is 12.3 Å². The van der Waals surface area contributed by atoms with E-state index >= 15 is 0 Å². The molecule has 1 aromatic rings. The summed E-state index contributed by atoms with van der Waals surface area (Å²) in [5.41, 5.74) is 1.79. The summed E-state index contributed by atoms with van der Waals surface area (Å²) < 4.78 is 2.31. The molecule has 0 saturated heterocycles. The molecule has 0 bridgehead atoms. The minimum absolute atomic E-state index is 0.502. The molecule has 1 aliphatic carbocycles. The van der Waals surface area contributed by atoms with Gasteiger partial charge in [-0.25, -0.2) is 4.98 Å². The molecule has 2 rings (SSSR count). The van der Waals surface area contributed by atoms with Gasteiger partial charge in [0.05, 0.1) is 6.33 Å². The summed E-state index contributed by atoms with van der Waals surface area (Å²) in [5, 5.41) is 0. The zero-order valence-corrected chi connectivity index (χ0v) is 10.00. The third kappa shape index (κ3) is 2.61. The molecule has 0 aliphatic heterocycles. The Kier molecular flexibility index (Phi) is 3.13. The standard InChI is InChI=1S/C13H22N2/c1-12-9-14-11-15(12)10-13(2)7-5-3-4-6-8-13/h9,11H,3-8,10H2,1-2H3. The predicted octanol–water partition coefficient (Wildman–Crippen LogP) is 3.55. The number of hydrogen-bond acceptors (Lipinski definition) is 1. The SMILES string of the molecule is Cc1cncn1CC1(C)CCCCCC1. The lowest BCUT2D eigenvalue weighted by Gasteiger charge is -2.29. The van der Waals surface area contributed by atoms with Gasteiger partial charge in [0.25, 0.3) is 0 Å². The number of imidazole rings is 1. The van der Waals surface area contributed by atoms with Gasteiger partial charge in [-0.05, 0) is 25.2 Å². The van der Waals surface area contributed by atoms with Gasteiger partial charge in [-0.1, -0.05) is 32.6 Å². The zero-order chi connectivity index (χ0) is 10.7. The molecule has 1 fully saturated rings. The molecule has 0 aromatic carbocycles. The summed E-state index contributed by atoms with van der Waals surface area (Å²) in [7, 11) is 0. The third-order valence-corrected chi connectivity index (χ3v) is 3.78. The van der Waals surface area contributed by atoms with Gasteiger partial charge in [0.2, 0.25) is 0 Å². The van der Waals surface area contributed by atoms with Crippen molar-refractivity contribution in [3.63, 3.8) is 0 Å². The van der Waals surface area contributed by atoms with Crippen molar-refractivity contribution < 1.29 is 0 Å². The molecule has 1 heterocycles. The van der Waals surface area contributed by atoms with Gasteiger partial charge in [0.15, 0.2) is 0 Å². The van der Waals surface area contributed by atoms with Crippen LogP contribution in [0.1, 0.15) is 51.1 Å². The topological polar surface area (TPSA) is 17.8 Å².